The third-order valence-corrected chi connectivity index (χ3v) is 7.77. The number of rotatable bonds is 10. The van der Waals surface area contributed by atoms with E-state index in [9.17, 15) is 36.4 Å². The van der Waals surface area contributed by atoms with Gasteiger partial charge in [0, 0.05) is 5.56 Å². The zero-order valence-electron chi connectivity index (χ0n) is 24.2. The van der Waals surface area contributed by atoms with Gasteiger partial charge in [-0.25, -0.2) is 22.6 Å². The van der Waals surface area contributed by atoms with Crippen molar-refractivity contribution in [2.24, 2.45) is 5.28 Å². The monoisotopic (exact) mass is 654 g/mol. The van der Waals surface area contributed by atoms with Gasteiger partial charge in [0.15, 0.2) is 11.7 Å². The minimum absolute atomic E-state index is 0.0482. The van der Waals surface area contributed by atoms with Crippen molar-refractivity contribution in [3.8, 4) is 16.9 Å². The lowest BCUT2D eigenvalue weighted by Gasteiger charge is -2.19. The topological polar surface area (TPSA) is 167 Å². The van der Waals surface area contributed by atoms with Gasteiger partial charge in [-0.3, -0.25) is 4.79 Å². The highest BCUT2D eigenvalue weighted by Crippen LogP contribution is 2.33. The molecule has 0 bridgehead atoms. The number of hydrogen-bond acceptors (Lipinski definition) is 10. The van der Waals surface area contributed by atoms with Crippen LogP contribution >= 0.6 is 0 Å². The summed E-state index contributed by atoms with van der Waals surface area (Å²) in [7, 11) is -4.46. The van der Waals surface area contributed by atoms with Crippen molar-refractivity contribution >= 4 is 22.1 Å². The number of nitrogens with one attached hydrogen (secondary N) is 1. The summed E-state index contributed by atoms with van der Waals surface area (Å²) in [4.78, 5) is 28.4. The molecular formula is C27H29F3N6O8S. The maximum Gasteiger partial charge on any atom is 0.511 e. The number of alkyl halides is 3. The molecule has 14 nitrogen and oxygen atoms in total. The fourth-order valence-electron chi connectivity index (χ4n) is 4.32. The fourth-order valence-corrected chi connectivity index (χ4v) is 5.33. The molecule has 2 heterocycles. The largest absolute Gasteiger partial charge is 0.569 e. The Bertz CT molecular complexity index is 1660. The molecule has 242 valence electrons. The standard InChI is InChI=1S/C27H29F3N6O8S/c1-17(2)44-26(38)42-16-43-33-36(39)34-14-4-5-22(34)25(37)32-45(40,41)21-12-10-20(11-13-21)35-23(15-24(31-35)27(28,29)30)19-8-6-18(3)7-9-19/h6-13,15,17,22H,4-5,14,16H2,1-3H3,(H,32,37)/b36-33-/t22-/m0/s1. The number of amides is 1. The second-order valence-electron chi connectivity index (χ2n) is 10.1. The Kier molecular flexibility index (Phi) is 9.84. The van der Waals surface area contributed by atoms with E-state index in [2.05, 4.69) is 20.0 Å². The maximum absolute atomic E-state index is 13.5. The van der Waals surface area contributed by atoms with Crippen LogP contribution < -0.4 is 4.72 Å². The molecule has 1 fully saturated rings. The van der Waals surface area contributed by atoms with Crippen molar-refractivity contribution in [2.45, 2.75) is 56.8 Å². The van der Waals surface area contributed by atoms with Crippen molar-refractivity contribution < 1.29 is 50.5 Å². The van der Waals surface area contributed by atoms with Crippen LogP contribution in [0.2, 0.25) is 0 Å². The van der Waals surface area contributed by atoms with Crippen LogP contribution in [0.15, 0.2) is 64.8 Å². The second kappa shape index (κ2) is 13.4. The van der Waals surface area contributed by atoms with Crippen molar-refractivity contribution in [2.75, 3.05) is 13.3 Å². The number of aromatic nitrogens is 2. The number of benzene rings is 2. The van der Waals surface area contributed by atoms with Gasteiger partial charge in [0.25, 0.3) is 22.7 Å². The third-order valence-electron chi connectivity index (χ3n) is 6.41. The van der Waals surface area contributed by atoms with Gasteiger partial charge in [0.1, 0.15) is 0 Å². The molecule has 1 aromatic heterocycles. The van der Waals surface area contributed by atoms with Crippen molar-refractivity contribution in [1.82, 2.24) is 19.5 Å². The highest BCUT2D eigenvalue weighted by atomic mass is 32.2. The summed E-state index contributed by atoms with van der Waals surface area (Å²) in [5.74, 6) is -1.02. The smallest absolute Gasteiger partial charge is 0.511 e. The van der Waals surface area contributed by atoms with E-state index in [0.717, 1.165) is 33.5 Å². The highest BCUT2D eigenvalue weighted by Gasteiger charge is 2.39. The molecule has 45 heavy (non-hydrogen) atoms. The minimum atomic E-state index is -4.72. The summed E-state index contributed by atoms with van der Waals surface area (Å²) in [5.41, 5.74) is 0.497. The molecule has 1 amide bonds. The molecule has 0 unspecified atom stereocenters. The van der Waals surface area contributed by atoms with Crippen molar-refractivity contribution in [3.63, 3.8) is 0 Å². The summed E-state index contributed by atoms with van der Waals surface area (Å²) >= 11 is 0. The molecule has 1 saturated heterocycles. The Morgan fingerprint density at radius 2 is 1.82 bits per heavy atom. The summed E-state index contributed by atoms with van der Waals surface area (Å²) in [6.07, 6.45) is -5.74. The van der Waals surface area contributed by atoms with Crippen LogP contribution in [-0.4, -0.2) is 65.7 Å². The fraction of sp³-hybridized carbons (Fsp3) is 0.370. The van der Waals surface area contributed by atoms with E-state index >= 15 is 0 Å². The Morgan fingerprint density at radius 3 is 2.44 bits per heavy atom. The summed E-state index contributed by atoms with van der Waals surface area (Å²) < 4.78 is 78.8. The minimum Gasteiger partial charge on any atom is -0.569 e. The van der Waals surface area contributed by atoms with E-state index < -0.39 is 52.9 Å². The third kappa shape index (κ3) is 8.20. The molecule has 1 atom stereocenters. The molecule has 0 aliphatic carbocycles. The highest BCUT2D eigenvalue weighted by molar-refractivity contribution is 7.90. The van der Waals surface area contributed by atoms with Crippen molar-refractivity contribution in [3.05, 3.63) is 71.1 Å². The average Bonchev–Trinajstić information content (AvgIpc) is 3.64. The van der Waals surface area contributed by atoms with Crippen LogP contribution in [0.5, 0.6) is 0 Å². The Labute approximate surface area is 255 Å². The number of carbonyl (C=O) groups is 2. The molecular weight excluding hydrogens is 625 g/mol. The second-order valence-corrected chi connectivity index (χ2v) is 11.8. The first-order valence-corrected chi connectivity index (χ1v) is 15.0. The molecule has 0 radical (unpaired) electrons. The molecule has 2 aromatic carbocycles. The molecule has 1 aliphatic heterocycles. The van der Waals surface area contributed by atoms with Gasteiger partial charge in [-0.05, 0) is 63.9 Å². The van der Waals surface area contributed by atoms with Crippen LogP contribution in [-0.2, 0) is 35.3 Å². The van der Waals surface area contributed by atoms with E-state index in [1.807, 2.05) is 11.6 Å². The predicted octanol–water partition coefficient (Wildman–Crippen LogP) is 4.46. The molecule has 4 rings (SSSR count). The van der Waals surface area contributed by atoms with E-state index in [0.29, 0.717) is 12.0 Å². The summed E-state index contributed by atoms with van der Waals surface area (Å²) in [5, 5.41) is 20.2. The number of hydrogen-bond donors (Lipinski definition) is 1. The zero-order valence-corrected chi connectivity index (χ0v) is 25.0. The summed E-state index contributed by atoms with van der Waals surface area (Å²) in [6.45, 7) is 4.32. The normalized spacial score (nSPS) is 15.7. The average molecular weight is 655 g/mol. The van der Waals surface area contributed by atoms with E-state index in [1.165, 1.54) is 12.1 Å². The van der Waals surface area contributed by atoms with Crippen LogP contribution in [0, 0.1) is 12.1 Å². The number of halogens is 3. The van der Waals surface area contributed by atoms with Gasteiger partial charge in [0.05, 0.1) is 33.9 Å². The van der Waals surface area contributed by atoms with E-state index in [-0.39, 0.29) is 34.2 Å². The van der Waals surface area contributed by atoms with E-state index in [1.54, 1.807) is 38.1 Å². The summed E-state index contributed by atoms with van der Waals surface area (Å²) in [6, 6.07) is 11.1. The first-order chi connectivity index (χ1) is 21.2. The number of sulfonamides is 1. The Morgan fingerprint density at radius 1 is 1.16 bits per heavy atom. The van der Waals surface area contributed by atoms with Gasteiger partial charge in [-0.1, -0.05) is 29.8 Å². The first kappa shape index (κ1) is 33.0. The van der Waals surface area contributed by atoms with Gasteiger partial charge in [-0.15, -0.1) is 5.01 Å². The lowest BCUT2D eigenvalue weighted by molar-refractivity contribution is -0.712. The van der Waals surface area contributed by atoms with Crippen molar-refractivity contribution in [1.29, 1.82) is 0 Å². The zero-order chi connectivity index (χ0) is 32.9. The van der Waals surface area contributed by atoms with Gasteiger partial charge >= 0.3 is 12.3 Å². The molecule has 1 aliphatic rings. The number of aryl methyl sites for hydroxylation is 1. The van der Waals surface area contributed by atoms with Crippen LogP contribution in [0.3, 0.4) is 0 Å². The van der Waals surface area contributed by atoms with Crippen LogP contribution in [0.1, 0.15) is 37.9 Å². The predicted molar refractivity (Wildman–Crippen MR) is 149 cm³/mol. The quantitative estimate of drug-likeness (QED) is 0.0823. The lowest BCUT2D eigenvalue weighted by atomic mass is 10.1. The SMILES string of the molecule is Cc1ccc(-c2cc(C(F)(F)F)nn2-c2ccc(S(=O)(=O)NC(=O)[C@@H]3CCCN3/[N+]([O-])=N/OCOC(=O)OC(C)C)cc2)cc1. The van der Waals surface area contributed by atoms with Crippen LogP contribution in [0.4, 0.5) is 18.0 Å². The Balaban J connectivity index is 1.46. The number of hydrazine groups is 1. The van der Waals surface area contributed by atoms with Gasteiger partial charge in [0.2, 0.25) is 5.28 Å². The van der Waals surface area contributed by atoms with Gasteiger partial charge < -0.3 is 19.5 Å². The number of nitrogens with zero attached hydrogens (tertiary/aromatic N) is 5. The van der Waals surface area contributed by atoms with E-state index in [4.69, 9.17) is 4.74 Å². The number of carbonyl (C=O) groups excluding carboxylic acids is 2. The van der Waals surface area contributed by atoms with Gasteiger partial charge in [-0.2, -0.15) is 18.3 Å². The molecule has 3 aromatic rings. The first-order valence-electron chi connectivity index (χ1n) is 13.5. The Hall–Kier alpha value is -4.87. The molecule has 1 N–H and O–H groups in total. The maximum atomic E-state index is 13.5. The van der Waals surface area contributed by atoms with Crippen LogP contribution in [0.25, 0.3) is 16.9 Å². The molecule has 0 saturated carbocycles. The number of ether oxygens (including phenoxy) is 2. The molecule has 18 heteroatoms. The molecule has 0 spiro atoms. The lowest BCUT2D eigenvalue weighted by Crippen LogP contribution is -2.47.